The van der Waals surface area contributed by atoms with Gasteiger partial charge in [-0.2, -0.15) is 0 Å². The van der Waals surface area contributed by atoms with Gasteiger partial charge in [0.25, 0.3) is 5.91 Å². The highest BCUT2D eigenvalue weighted by atomic mass is 35.5. The first kappa shape index (κ1) is 19.2. The number of sulfonamides is 1. The first-order valence-electron chi connectivity index (χ1n) is 7.39. The van der Waals surface area contributed by atoms with Gasteiger partial charge in [0.15, 0.2) is 0 Å². The van der Waals surface area contributed by atoms with E-state index in [0.717, 1.165) is 9.87 Å². The Bertz CT molecular complexity index is 865. The highest BCUT2D eigenvalue weighted by Gasteiger charge is 2.17. The maximum Gasteiger partial charge on any atom is 0.255 e. The van der Waals surface area contributed by atoms with Crippen molar-refractivity contribution in [1.29, 1.82) is 0 Å². The smallest absolute Gasteiger partial charge is 0.255 e. The summed E-state index contributed by atoms with van der Waals surface area (Å²) >= 11 is 5.92. The van der Waals surface area contributed by atoms with Crippen LogP contribution in [0.4, 0.5) is 0 Å². The van der Waals surface area contributed by atoms with E-state index in [2.05, 4.69) is 5.32 Å². The molecule has 2 aromatic rings. The lowest BCUT2D eigenvalue weighted by Crippen LogP contribution is -2.24. The lowest BCUT2D eigenvalue weighted by molar-refractivity contribution is 0.0948. The fourth-order valence-corrected chi connectivity index (χ4v) is 3.20. The number of halogens is 1. The molecular weight excluding hydrogens is 364 g/mol. The second-order valence-corrected chi connectivity index (χ2v) is 8.05. The molecule has 8 heteroatoms. The quantitative estimate of drug-likeness (QED) is 0.833. The van der Waals surface area contributed by atoms with Crippen molar-refractivity contribution in [3.05, 3.63) is 58.6 Å². The van der Waals surface area contributed by atoms with Crippen molar-refractivity contribution < 1.29 is 17.9 Å². The molecule has 0 aromatic heterocycles. The Morgan fingerprint density at radius 3 is 2.36 bits per heavy atom. The van der Waals surface area contributed by atoms with Gasteiger partial charge in [-0.1, -0.05) is 23.7 Å². The van der Waals surface area contributed by atoms with Crippen LogP contribution in [0.2, 0.25) is 5.02 Å². The average Bonchev–Trinajstić information content (AvgIpc) is 2.59. The monoisotopic (exact) mass is 382 g/mol. The van der Waals surface area contributed by atoms with Crippen LogP contribution in [0.3, 0.4) is 0 Å². The van der Waals surface area contributed by atoms with Gasteiger partial charge in [-0.3, -0.25) is 4.79 Å². The maximum absolute atomic E-state index is 12.3. The molecule has 0 bridgehead atoms. The van der Waals surface area contributed by atoms with Crippen LogP contribution in [-0.2, 0) is 16.6 Å². The Hall–Kier alpha value is -2.09. The number of rotatable bonds is 6. The fraction of sp³-hybridized carbons (Fsp3) is 0.235. The summed E-state index contributed by atoms with van der Waals surface area (Å²) in [4.78, 5) is 12.5. The summed E-state index contributed by atoms with van der Waals surface area (Å²) in [6.45, 7) is 0.247. The summed E-state index contributed by atoms with van der Waals surface area (Å²) in [5.41, 5.74) is 1.11. The predicted octanol–water partition coefficient (Wildman–Crippen LogP) is 2.53. The van der Waals surface area contributed by atoms with Crippen molar-refractivity contribution in [2.45, 2.75) is 11.4 Å². The number of methoxy groups -OCH3 is 1. The third-order valence-corrected chi connectivity index (χ3v) is 5.63. The van der Waals surface area contributed by atoms with Crippen LogP contribution in [0.1, 0.15) is 15.9 Å². The number of amides is 1. The molecule has 0 aliphatic rings. The largest absolute Gasteiger partial charge is 0.496 e. The minimum atomic E-state index is -3.47. The highest BCUT2D eigenvalue weighted by Crippen LogP contribution is 2.22. The minimum absolute atomic E-state index is 0.198. The van der Waals surface area contributed by atoms with Gasteiger partial charge < -0.3 is 10.1 Å². The van der Waals surface area contributed by atoms with Gasteiger partial charge in [0.05, 0.1) is 17.6 Å². The van der Waals surface area contributed by atoms with Gasteiger partial charge in [0.2, 0.25) is 10.0 Å². The van der Waals surface area contributed by atoms with Crippen molar-refractivity contribution >= 4 is 27.5 Å². The number of hydrogen-bond donors (Lipinski definition) is 1. The Kier molecular flexibility index (Phi) is 6.05. The summed E-state index contributed by atoms with van der Waals surface area (Å²) < 4.78 is 30.4. The number of ether oxygens (including phenoxy) is 1. The van der Waals surface area contributed by atoms with E-state index < -0.39 is 10.0 Å². The minimum Gasteiger partial charge on any atom is -0.496 e. The average molecular weight is 383 g/mol. The third-order valence-electron chi connectivity index (χ3n) is 3.56. The molecule has 2 rings (SSSR count). The molecule has 0 atom stereocenters. The van der Waals surface area contributed by atoms with E-state index in [0.29, 0.717) is 16.3 Å². The van der Waals surface area contributed by atoms with Gasteiger partial charge >= 0.3 is 0 Å². The Labute approximate surface area is 152 Å². The molecule has 0 aliphatic carbocycles. The van der Waals surface area contributed by atoms with Crippen LogP contribution in [0, 0.1) is 0 Å². The molecular formula is C17H19ClN2O4S. The Balaban J connectivity index is 2.09. The molecule has 0 heterocycles. The normalized spacial score (nSPS) is 11.4. The van der Waals surface area contributed by atoms with Gasteiger partial charge in [-0.15, -0.1) is 0 Å². The number of hydrogen-bond acceptors (Lipinski definition) is 4. The Morgan fingerprint density at radius 2 is 1.80 bits per heavy atom. The van der Waals surface area contributed by atoms with E-state index >= 15 is 0 Å². The second-order valence-electron chi connectivity index (χ2n) is 5.46. The highest BCUT2D eigenvalue weighted by molar-refractivity contribution is 7.89. The molecule has 0 spiro atoms. The lowest BCUT2D eigenvalue weighted by atomic mass is 10.1. The summed E-state index contributed by atoms with van der Waals surface area (Å²) in [7, 11) is 0.957. The van der Waals surface area contributed by atoms with E-state index in [1.54, 1.807) is 24.3 Å². The number of benzene rings is 2. The van der Waals surface area contributed by atoms with E-state index in [9.17, 15) is 13.2 Å². The topological polar surface area (TPSA) is 75.7 Å². The zero-order chi connectivity index (χ0) is 18.6. The van der Waals surface area contributed by atoms with Crippen LogP contribution in [0.5, 0.6) is 5.75 Å². The van der Waals surface area contributed by atoms with Crippen LogP contribution in [-0.4, -0.2) is 39.8 Å². The molecule has 0 aliphatic heterocycles. The fourth-order valence-electron chi connectivity index (χ4n) is 2.13. The zero-order valence-corrected chi connectivity index (χ0v) is 15.7. The van der Waals surface area contributed by atoms with Gasteiger partial charge in [-0.05, 0) is 35.9 Å². The van der Waals surface area contributed by atoms with Gasteiger partial charge in [0.1, 0.15) is 5.75 Å². The van der Waals surface area contributed by atoms with Crippen LogP contribution >= 0.6 is 11.6 Å². The first-order valence-corrected chi connectivity index (χ1v) is 9.20. The number of nitrogens with one attached hydrogen (secondary N) is 1. The molecule has 1 N–H and O–H groups in total. The third kappa shape index (κ3) is 4.50. The van der Waals surface area contributed by atoms with Crippen molar-refractivity contribution in [2.24, 2.45) is 0 Å². The molecule has 1 amide bonds. The molecule has 0 saturated heterocycles. The summed E-state index contributed by atoms with van der Waals surface area (Å²) in [6, 6.07) is 11.1. The van der Waals surface area contributed by atoms with E-state index in [1.165, 1.54) is 39.4 Å². The van der Waals surface area contributed by atoms with Gasteiger partial charge in [0, 0.05) is 25.7 Å². The number of nitrogens with zero attached hydrogens (tertiary/aromatic N) is 1. The SMILES string of the molecule is COc1ccc(Cl)cc1C(=O)NCc1ccc(S(=O)(=O)N(C)C)cc1. The van der Waals surface area contributed by atoms with Crippen LogP contribution < -0.4 is 10.1 Å². The molecule has 0 saturated carbocycles. The Morgan fingerprint density at radius 1 is 1.16 bits per heavy atom. The first-order chi connectivity index (χ1) is 11.8. The van der Waals surface area contributed by atoms with E-state index in [4.69, 9.17) is 16.3 Å². The molecule has 0 radical (unpaired) electrons. The van der Waals surface area contributed by atoms with Crippen LogP contribution in [0.15, 0.2) is 47.4 Å². The molecule has 134 valence electrons. The van der Waals surface area contributed by atoms with Crippen molar-refractivity contribution in [3.63, 3.8) is 0 Å². The second kappa shape index (κ2) is 7.86. The van der Waals surface area contributed by atoms with Crippen molar-refractivity contribution in [3.8, 4) is 5.75 Å². The van der Waals surface area contributed by atoms with E-state index in [-0.39, 0.29) is 17.3 Å². The number of carbonyl (C=O) groups excluding carboxylic acids is 1. The maximum atomic E-state index is 12.3. The standard InChI is InChI=1S/C17H19ClN2O4S/c1-20(2)25(22,23)14-7-4-12(5-8-14)11-19-17(21)15-10-13(18)6-9-16(15)24-3/h4-10H,11H2,1-3H3,(H,19,21). The van der Waals surface area contributed by atoms with Crippen molar-refractivity contribution in [2.75, 3.05) is 21.2 Å². The lowest BCUT2D eigenvalue weighted by Gasteiger charge is -2.12. The van der Waals surface area contributed by atoms with E-state index in [1.807, 2.05) is 0 Å². The molecule has 0 unspecified atom stereocenters. The number of carbonyl (C=O) groups is 1. The van der Waals surface area contributed by atoms with Crippen molar-refractivity contribution in [1.82, 2.24) is 9.62 Å². The molecule has 0 fully saturated rings. The molecule has 6 nitrogen and oxygen atoms in total. The summed E-state index contributed by atoms with van der Waals surface area (Å²) in [5, 5.41) is 3.20. The predicted molar refractivity (Wildman–Crippen MR) is 96.5 cm³/mol. The molecule has 25 heavy (non-hydrogen) atoms. The summed E-state index contributed by atoms with van der Waals surface area (Å²) in [5.74, 6) is 0.0960. The zero-order valence-electron chi connectivity index (χ0n) is 14.1. The van der Waals surface area contributed by atoms with Gasteiger partial charge in [-0.25, -0.2) is 12.7 Å². The summed E-state index contributed by atoms with van der Waals surface area (Å²) in [6.07, 6.45) is 0. The van der Waals surface area contributed by atoms with Crippen LogP contribution in [0.25, 0.3) is 0 Å². The molecule has 2 aromatic carbocycles.